The maximum Gasteiger partial charge on any atom is 0.0564 e. The predicted octanol–water partition coefficient (Wildman–Crippen LogP) is 6.31. The van der Waals surface area contributed by atoms with Crippen LogP contribution in [0.5, 0.6) is 0 Å². The third kappa shape index (κ3) is 4.04. The quantitative estimate of drug-likeness (QED) is 0.544. The first-order chi connectivity index (χ1) is 13.7. The molecule has 1 saturated heterocycles. The first kappa shape index (κ1) is 15.2. The lowest BCUT2D eigenvalue weighted by Crippen LogP contribution is -2.38. The average molecular weight is 411 g/mol. The molecular formula is C21H27ClN2S2. The Balaban J connectivity index is 0.00000256. The summed E-state index contributed by atoms with van der Waals surface area (Å²) in [7, 11) is 1.79. The van der Waals surface area contributed by atoms with Gasteiger partial charge in [0.05, 0.1) is 11.4 Å². The molecule has 1 atom stereocenters. The summed E-state index contributed by atoms with van der Waals surface area (Å²) >= 11 is 3.34. The number of nitrogens with zero attached hydrogens (tertiary/aromatic N) is 2. The molecule has 140 valence electrons. The van der Waals surface area contributed by atoms with Crippen molar-refractivity contribution in [2.75, 3.05) is 31.2 Å². The maximum absolute atomic E-state index is 9.09. The number of thioether (sulfide) groups is 1. The molecule has 0 bridgehead atoms. The van der Waals surface area contributed by atoms with Crippen LogP contribution in [0.2, 0.25) is 0 Å². The van der Waals surface area contributed by atoms with Gasteiger partial charge in [-0.3, -0.25) is 0 Å². The molecule has 2 aliphatic rings. The molecule has 2 nitrogen and oxygen atoms in total. The average Bonchev–Trinajstić information content (AvgIpc) is 2.68. The van der Waals surface area contributed by atoms with Gasteiger partial charge >= 0.3 is 0 Å². The fourth-order valence-corrected chi connectivity index (χ4v) is 4.86. The van der Waals surface area contributed by atoms with Crippen molar-refractivity contribution in [3.63, 3.8) is 0 Å². The van der Waals surface area contributed by atoms with Crippen LogP contribution in [0.1, 0.15) is 31.2 Å². The Hall–Kier alpha value is -0.810. The van der Waals surface area contributed by atoms with E-state index < -0.39 is 13.0 Å². The summed E-state index contributed by atoms with van der Waals surface area (Å²) in [5.41, 5.74) is 1.78. The largest absolute Gasteiger partial charge is 0.340 e. The Morgan fingerprint density at radius 3 is 2.85 bits per heavy atom. The van der Waals surface area contributed by atoms with Gasteiger partial charge in [-0.25, -0.2) is 0 Å². The third-order valence-corrected chi connectivity index (χ3v) is 6.70. The molecule has 5 heteroatoms. The predicted molar refractivity (Wildman–Crippen MR) is 118 cm³/mol. The number of piperidine rings is 1. The van der Waals surface area contributed by atoms with Gasteiger partial charge in [-0.1, -0.05) is 30.3 Å². The Morgan fingerprint density at radius 1 is 1.19 bits per heavy atom. The highest BCUT2D eigenvalue weighted by Gasteiger charge is 2.25. The maximum atomic E-state index is 9.09. The molecule has 2 aromatic rings. The fraction of sp³-hybridized carbons (Fsp3) is 0.429. The van der Waals surface area contributed by atoms with Crippen molar-refractivity contribution >= 4 is 47.3 Å². The number of likely N-dealkylation sites (tertiary alicyclic amines) is 1. The van der Waals surface area contributed by atoms with Crippen LogP contribution in [-0.2, 0) is 0 Å². The van der Waals surface area contributed by atoms with Gasteiger partial charge in [-0.15, -0.1) is 24.2 Å². The number of hydrogen-bond donors (Lipinski definition) is 0. The molecule has 0 aromatic heterocycles. The van der Waals surface area contributed by atoms with Crippen LogP contribution in [0.25, 0.3) is 0 Å². The van der Waals surface area contributed by atoms with Gasteiger partial charge in [0.2, 0.25) is 0 Å². The molecule has 1 unspecified atom stereocenters. The third-order valence-electron chi connectivity index (χ3n) is 4.84. The minimum Gasteiger partial charge on any atom is -0.340 e. The summed E-state index contributed by atoms with van der Waals surface area (Å²) < 4.78 is 34.7. The van der Waals surface area contributed by atoms with E-state index >= 15 is 0 Å². The van der Waals surface area contributed by atoms with Crippen LogP contribution in [0.15, 0.2) is 57.2 Å². The molecule has 0 N–H and O–H groups in total. The zero-order valence-electron chi connectivity index (χ0n) is 19.1. The standard InChI is InChI=1S/C21H26N2S2.ClH/c1-22-13-6-5-7-16(22)12-14-23-18-8-3-4-9-20(18)25-21-11-10-17(24-2)15-19(21)23;/h3-4,8-11,15-16H,5-7,12-14H2,1-2H3;1H/i13D2,14D2;. The van der Waals surface area contributed by atoms with Gasteiger partial charge < -0.3 is 9.80 Å². The first-order valence-corrected chi connectivity index (χ1v) is 10.8. The summed E-state index contributed by atoms with van der Waals surface area (Å²) in [6.07, 6.45) is 4.40. The molecule has 0 radical (unpaired) electrons. The van der Waals surface area contributed by atoms with Crippen LogP contribution in [0, 0.1) is 0 Å². The van der Waals surface area contributed by atoms with E-state index in [1.807, 2.05) is 35.4 Å². The molecule has 2 aliphatic heterocycles. The Labute approximate surface area is 177 Å². The van der Waals surface area contributed by atoms with E-state index in [0.29, 0.717) is 6.42 Å². The van der Waals surface area contributed by atoms with E-state index in [2.05, 4.69) is 18.2 Å². The second-order valence-corrected chi connectivity index (χ2v) is 8.38. The number of halogens is 1. The zero-order chi connectivity index (χ0) is 20.8. The molecule has 26 heavy (non-hydrogen) atoms. The van der Waals surface area contributed by atoms with Crippen molar-refractivity contribution in [1.82, 2.24) is 4.90 Å². The van der Waals surface area contributed by atoms with E-state index in [1.165, 1.54) is 0 Å². The molecule has 4 rings (SSSR count). The smallest absolute Gasteiger partial charge is 0.0564 e. The molecule has 0 aliphatic carbocycles. The second-order valence-electron chi connectivity index (χ2n) is 6.42. The van der Waals surface area contributed by atoms with E-state index in [0.717, 1.165) is 38.9 Å². The fourth-order valence-electron chi connectivity index (χ4n) is 3.38. The summed E-state index contributed by atoms with van der Waals surface area (Å²) in [5, 5.41) is 0. The number of benzene rings is 2. The van der Waals surface area contributed by atoms with Crippen LogP contribution in [-0.4, -0.2) is 37.2 Å². The lowest BCUT2D eigenvalue weighted by molar-refractivity contribution is 0.178. The minimum atomic E-state index is -1.64. The number of hydrogen-bond acceptors (Lipinski definition) is 4. The number of para-hydroxylation sites is 1. The zero-order valence-corrected chi connectivity index (χ0v) is 17.5. The highest BCUT2D eigenvalue weighted by atomic mass is 35.5. The molecule has 0 amide bonds. The van der Waals surface area contributed by atoms with Gasteiger partial charge in [0.15, 0.2) is 0 Å². The molecular weight excluding hydrogens is 380 g/mol. The molecule has 0 saturated carbocycles. The lowest BCUT2D eigenvalue weighted by atomic mass is 9.99. The normalized spacial score (nSPS) is 24.2. The summed E-state index contributed by atoms with van der Waals surface area (Å²) in [6.45, 7) is -3.02. The van der Waals surface area contributed by atoms with Crippen molar-refractivity contribution in [2.24, 2.45) is 0 Å². The van der Waals surface area contributed by atoms with Gasteiger partial charge in [0.1, 0.15) is 0 Å². The van der Waals surface area contributed by atoms with Crippen LogP contribution in [0.4, 0.5) is 11.4 Å². The minimum absolute atomic E-state index is 0. The Kier molecular flexibility index (Phi) is 5.20. The summed E-state index contributed by atoms with van der Waals surface area (Å²) in [4.78, 5) is 6.78. The van der Waals surface area contributed by atoms with Crippen molar-refractivity contribution in [3.05, 3.63) is 42.5 Å². The molecule has 0 spiro atoms. The Bertz CT molecular complexity index is 912. The van der Waals surface area contributed by atoms with Gasteiger partial charge in [0.25, 0.3) is 0 Å². The van der Waals surface area contributed by atoms with Crippen molar-refractivity contribution in [1.29, 1.82) is 0 Å². The Morgan fingerprint density at radius 2 is 2.00 bits per heavy atom. The number of fused-ring (bicyclic) bond motifs is 2. The van der Waals surface area contributed by atoms with Crippen LogP contribution < -0.4 is 4.90 Å². The number of anilines is 2. The van der Waals surface area contributed by atoms with Gasteiger partial charge in [0, 0.05) is 32.7 Å². The van der Waals surface area contributed by atoms with Crippen molar-refractivity contribution in [3.8, 4) is 0 Å². The topological polar surface area (TPSA) is 6.48 Å². The van der Waals surface area contributed by atoms with Gasteiger partial charge in [-0.05, 0) is 69.4 Å². The van der Waals surface area contributed by atoms with Crippen molar-refractivity contribution < 1.29 is 5.48 Å². The monoisotopic (exact) mass is 410 g/mol. The van der Waals surface area contributed by atoms with E-state index in [9.17, 15) is 0 Å². The van der Waals surface area contributed by atoms with E-state index in [-0.39, 0.29) is 24.9 Å². The van der Waals surface area contributed by atoms with Gasteiger partial charge in [-0.2, -0.15) is 0 Å². The number of rotatable bonds is 4. The molecule has 2 heterocycles. The van der Waals surface area contributed by atoms with Crippen LogP contribution >= 0.6 is 35.9 Å². The summed E-state index contributed by atoms with van der Waals surface area (Å²) in [5.74, 6) is 0. The second kappa shape index (κ2) is 8.92. The summed E-state index contributed by atoms with van der Waals surface area (Å²) in [6, 6.07) is 14.1. The molecule has 1 fully saturated rings. The highest BCUT2D eigenvalue weighted by Crippen LogP contribution is 2.49. The first-order valence-electron chi connectivity index (χ1n) is 10.7. The molecule has 2 aromatic carbocycles. The lowest BCUT2D eigenvalue weighted by Gasteiger charge is -2.37. The highest BCUT2D eigenvalue weighted by molar-refractivity contribution is 8.00. The van der Waals surface area contributed by atoms with Crippen molar-refractivity contribution in [2.45, 2.75) is 46.4 Å². The van der Waals surface area contributed by atoms with Crippen LogP contribution in [0.3, 0.4) is 0 Å². The SMILES string of the molecule is Cl.[2H]C([2H])(CC1CCCC([2H])([2H])N1C)N1c2ccccc2Sc2ccc(SC)cc21. The van der Waals surface area contributed by atoms with E-state index in [4.69, 9.17) is 5.48 Å². The van der Waals surface area contributed by atoms with E-state index in [1.54, 1.807) is 35.5 Å².